The second-order valence-corrected chi connectivity index (χ2v) is 12.7. The minimum absolute atomic E-state index is 0.534. The van der Waals surface area contributed by atoms with E-state index in [1.54, 1.807) is 7.11 Å². The molecule has 1 atom stereocenters. The van der Waals surface area contributed by atoms with Crippen LogP contribution in [0, 0.1) is 0 Å². The number of ether oxygens (including phenoxy) is 1. The lowest BCUT2D eigenvalue weighted by atomic mass is 10.1. The Balaban J connectivity index is 2.74. The van der Waals surface area contributed by atoms with Crippen molar-refractivity contribution >= 4 is 8.32 Å². The monoisotopic (exact) mass is 350 g/mol. The lowest BCUT2D eigenvalue weighted by molar-refractivity contribution is 0.180. The Morgan fingerprint density at radius 1 is 1.04 bits per heavy atom. The van der Waals surface area contributed by atoms with E-state index in [1.807, 2.05) is 36.6 Å². The normalized spacial score (nSPS) is 14.0. The van der Waals surface area contributed by atoms with E-state index in [0.29, 0.717) is 23.0 Å². The van der Waals surface area contributed by atoms with Crippen molar-refractivity contribution in [2.24, 2.45) is 0 Å². The predicted molar refractivity (Wildman–Crippen MR) is 104 cm³/mol. The predicted octanol–water partition coefficient (Wildman–Crippen LogP) is 5.82. The average molecular weight is 351 g/mol. The van der Waals surface area contributed by atoms with Gasteiger partial charge in [-0.1, -0.05) is 53.7 Å². The molecule has 0 unspecified atom stereocenters. The first kappa shape index (κ1) is 20.8. The highest BCUT2D eigenvalue weighted by Gasteiger charge is 2.46. The van der Waals surface area contributed by atoms with Crippen molar-refractivity contribution in [2.75, 3.05) is 7.11 Å². The zero-order valence-electron chi connectivity index (χ0n) is 16.2. The van der Waals surface area contributed by atoms with Crippen LogP contribution in [0.4, 0.5) is 0 Å². The molecule has 0 bridgehead atoms. The number of rotatable bonds is 9. The molecule has 0 saturated carbocycles. The van der Waals surface area contributed by atoms with Gasteiger partial charge in [0.25, 0.3) is 8.32 Å². The molecular weight excluding hydrogens is 316 g/mol. The Labute approximate surface area is 148 Å². The highest BCUT2D eigenvalue weighted by Crippen LogP contribution is 2.42. The summed E-state index contributed by atoms with van der Waals surface area (Å²) in [5.41, 5.74) is 2.50. The number of aliphatic hydroxyl groups is 1. The molecule has 0 aliphatic heterocycles. The third-order valence-electron chi connectivity index (χ3n) is 4.91. The first-order chi connectivity index (χ1) is 11.3. The topological polar surface area (TPSA) is 38.7 Å². The standard InChI is InChI=1S/C20H34O3Si/c1-15(2)24(16(3)4,17(5)6)23-13-9-12-20(21)18-10-8-11-19(14-18)22-7/h8-11,13-17,20-21H,12H2,1-7H3/b13-9-/t20-/m0/s1. The van der Waals surface area contributed by atoms with Crippen LogP contribution in [-0.4, -0.2) is 20.5 Å². The van der Waals surface area contributed by atoms with Crippen molar-refractivity contribution in [3.8, 4) is 5.75 Å². The molecule has 1 aromatic carbocycles. The van der Waals surface area contributed by atoms with Gasteiger partial charge in [0, 0.05) is 0 Å². The second-order valence-electron chi connectivity index (χ2n) is 7.34. The molecule has 0 aromatic heterocycles. The van der Waals surface area contributed by atoms with E-state index in [1.165, 1.54) is 0 Å². The Morgan fingerprint density at radius 3 is 2.12 bits per heavy atom. The van der Waals surface area contributed by atoms with E-state index in [-0.39, 0.29) is 0 Å². The quantitative estimate of drug-likeness (QED) is 0.450. The van der Waals surface area contributed by atoms with Gasteiger partial charge in [-0.25, -0.2) is 0 Å². The van der Waals surface area contributed by atoms with Crippen molar-refractivity contribution in [1.82, 2.24) is 0 Å². The molecule has 0 aliphatic carbocycles. The van der Waals surface area contributed by atoms with E-state index in [4.69, 9.17) is 9.16 Å². The first-order valence-electron chi connectivity index (χ1n) is 8.90. The molecule has 24 heavy (non-hydrogen) atoms. The summed E-state index contributed by atoms with van der Waals surface area (Å²) < 4.78 is 11.6. The van der Waals surface area contributed by atoms with Crippen molar-refractivity contribution in [3.05, 3.63) is 42.2 Å². The molecule has 4 heteroatoms. The summed E-state index contributed by atoms with van der Waals surface area (Å²) in [5, 5.41) is 10.3. The lowest BCUT2D eigenvalue weighted by Gasteiger charge is -2.41. The molecule has 0 spiro atoms. The summed E-state index contributed by atoms with van der Waals surface area (Å²) in [6, 6.07) is 7.56. The summed E-state index contributed by atoms with van der Waals surface area (Å²) in [6.45, 7) is 13.6. The van der Waals surface area contributed by atoms with Gasteiger partial charge < -0.3 is 14.3 Å². The van der Waals surface area contributed by atoms with Crippen molar-refractivity contribution in [1.29, 1.82) is 0 Å². The number of methoxy groups -OCH3 is 1. The fourth-order valence-corrected chi connectivity index (χ4v) is 8.89. The van der Waals surface area contributed by atoms with Gasteiger partial charge in [-0.3, -0.25) is 0 Å². The van der Waals surface area contributed by atoms with E-state index >= 15 is 0 Å². The van der Waals surface area contributed by atoms with E-state index < -0.39 is 14.4 Å². The lowest BCUT2D eigenvalue weighted by Crippen LogP contribution is -2.46. The number of aliphatic hydroxyl groups excluding tert-OH is 1. The smallest absolute Gasteiger partial charge is 0.257 e. The molecular formula is C20H34O3Si. The van der Waals surface area contributed by atoms with Crippen LogP contribution < -0.4 is 4.74 Å². The maximum absolute atomic E-state index is 10.3. The number of hydrogen-bond donors (Lipinski definition) is 1. The van der Waals surface area contributed by atoms with Crippen LogP contribution in [0.2, 0.25) is 16.6 Å². The van der Waals surface area contributed by atoms with Crippen LogP contribution in [0.15, 0.2) is 36.6 Å². The van der Waals surface area contributed by atoms with Gasteiger partial charge in [0.05, 0.1) is 19.5 Å². The molecule has 136 valence electrons. The maximum Gasteiger partial charge on any atom is 0.257 e. The van der Waals surface area contributed by atoms with Crippen LogP contribution in [0.5, 0.6) is 5.75 Å². The summed E-state index contributed by atoms with van der Waals surface area (Å²) in [4.78, 5) is 0. The Bertz CT molecular complexity index is 502. The third-order valence-corrected chi connectivity index (χ3v) is 10.9. The molecule has 0 heterocycles. The van der Waals surface area contributed by atoms with Gasteiger partial charge >= 0.3 is 0 Å². The maximum atomic E-state index is 10.3. The molecule has 3 nitrogen and oxygen atoms in total. The van der Waals surface area contributed by atoms with Crippen molar-refractivity contribution in [3.63, 3.8) is 0 Å². The van der Waals surface area contributed by atoms with Gasteiger partial charge in [0.2, 0.25) is 0 Å². The molecule has 0 aliphatic rings. The summed E-state index contributed by atoms with van der Waals surface area (Å²) in [7, 11) is -0.250. The fourth-order valence-electron chi connectivity index (χ4n) is 3.74. The van der Waals surface area contributed by atoms with Gasteiger partial charge in [-0.15, -0.1) is 0 Å². The first-order valence-corrected chi connectivity index (χ1v) is 11.0. The Kier molecular flexibility index (Phi) is 8.04. The molecule has 1 N–H and O–H groups in total. The van der Waals surface area contributed by atoms with Crippen LogP contribution in [0.25, 0.3) is 0 Å². The van der Waals surface area contributed by atoms with E-state index in [0.717, 1.165) is 11.3 Å². The second kappa shape index (κ2) is 9.28. The zero-order chi connectivity index (χ0) is 18.3. The van der Waals surface area contributed by atoms with E-state index in [9.17, 15) is 5.11 Å². The molecule has 0 saturated heterocycles. The van der Waals surface area contributed by atoms with Crippen molar-refractivity contribution in [2.45, 2.75) is 70.7 Å². The van der Waals surface area contributed by atoms with Crippen LogP contribution in [-0.2, 0) is 4.43 Å². The summed E-state index contributed by atoms with van der Waals surface area (Å²) in [6.07, 6.45) is 3.76. The molecule has 1 rings (SSSR count). The number of benzene rings is 1. The third kappa shape index (κ3) is 4.87. The van der Waals surface area contributed by atoms with Gasteiger partial charge in [-0.05, 0) is 46.8 Å². The van der Waals surface area contributed by atoms with Gasteiger partial charge in [0.1, 0.15) is 5.75 Å². The molecule has 1 aromatic rings. The molecule has 0 fully saturated rings. The van der Waals surface area contributed by atoms with Gasteiger partial charge in [-0.2, -0.15) is 0 Å². The largest absolute Gasteiger partial charge is 0.548 e. The fraction of sp³-hybridized carbons (Fsp3) is 0.600. The summed E-state index contributed by atoms with van der Waals surface area (Å²) in [5.74, 6) is 0.762. The van der Waals surface area contributed by atoms with E-state index in [2.05, 4.69) is 41.5 Å². The number of hydrogen-bond acceptors (Lipinski definition) is 3. The molecule has 0 amide bonds. The zero-order valence-corrected chi connectivity index (χ0v) is 17.2. The van der Waals surface area contributed by atoms with Crippen LogP contribution in [0.3, 0.4) is 0 Å². The Morgan fingerprint density at radius 2 is 1.62 bits per heavy atom. The van der Waals surface area contributed by atoms with Crippen LogP contribution >= 0.6 is 0 Å². The van der Waals surface area contributed by atoms with Gasteiger partial charge in [0.15, 0.2) is 0 Å². The highest BCUT2D eigenvalue weighted by molar-refractivity contribution is 6.77. The highest BCUT2D eigenvalue weighted by atomic mass is 28.4. The minimum atomic E-state index is -1.88. The summed E-state index contributed by atoms with van der Waals surface area (Å²) >= 11 is 0. The SMILES string of the molecule is COc1cccc([C@@H](O)C/C=C\O[Si](C(C)C)(C(C)C)C(C)C)c1. The Hall–Kier alpha value is -1.26. The van der Waals surface area contributed by atoms with Crippen molar-refractivity contribution < 1.29 is 14.3 Å². The minimum Gasteiger partial charge on any atom is -0.548 e. The van der Waals surface area contributed by atoms with Crippen LogP contribution in [0.1, 0.15) is 59.6 Å². The average Bonchev–Trinajstić information content (AvgIpc) is 2.53. The molecule has 0 radical (unpaired) electrons.